The third-order valence-electron chi connectivity index (χ3n) is 2.77. The van der Waals surface area contributed by atoms with Gasteiger partial charge in [-0.1, -0.05) is 13.8 Å². The largest absolute Gasteiger partial charge is 0.314 e. The highest BCUT2D eigenvalue weighted by Gasteiger charge is 2.08. The van der Waals surface area contributed by atoms with Crippen molar-refractivity contribution in [3.63, 3.8) is 0 Å². The van der Waals surface area contributed by atoms with Crippen molar-refractivity contribution in [3.05, 3.63) is 0 Å². The maximum atomic E-state index is 3.46. The van der Waals surface area contributed by atoms with E-state index in [4.69, 9.17) is 0 Å². The summed E-state index contributed by atoms with van der Waals surface area (Å²) in [5, 5.41) is 3.46. The van der Waals surface area contributed by atoms with Crippen LogP contribution in [0.1, 0.15) is 27.2 Å². The molecule has 1 atom stereocenters. The Morgan fingerprint density at radius 2 is 1.60 bits per heavy atom. The molecule has 1 N–H and O–H groups in total. The maximum Gasteiger partial charge on any atom is 0.0109 e. The summed E-state index contributed by atoms with van der Waals surface area (Å²) < 4.78 is 0. The molecule has 0 saturated heterocycles. The first kappa shape index (κ1) is 14.9. The van der Waals surface area contributed by atoms with E-state index in [0.29, 0.717) is 12.1 Å². The standard InChI is InChI=1S/C12H29N3/c1-11(2)13-8-7-12(3)15(6)10-9-14(4)5/h11-13H,7-10H2,1-6H3. The molecule has 1 unspecified atom stereocenters. The molecule has 3 heteroatoms. The van der Waals surface area contributed by atoms with Gasteiger partial charge in [-0.25, -0.2) is 0 Å². The molecule has 0 amide bonds. The molecule has 0 aromatic heterocycles. The van der Waals surface area contributed by atoms with Gasteiger partial charge in [-0.15, -0.1) is 0 Å². The van der Waals surface area contributed by atoms with Crippen LogP contribution < -0.4 is 5.32 Å². The van der Waals surface area contributed by atoms with Crippen LogP contribution in [0.2, 0.25) is 0 Å². The quantitative estimate of drug-likeness (QED) is 0.657. The maximum absolute atomic E-state index is 3.46. The van der Waals surface area contributed by atoms with E-state index in [2.05, 4.69) is 57.0 Å². The lowest BCUT2D eigenvalue weighted by molar-refractivity contribution is 0.218. The molecule has 0 spiro atoms. The highest BCUT2D eigenvalue weighted by Crippen LogP contribution is 2.00. The molecule has 0 aliphatic rings. The van der Waals surface area contributed by atoms with Crippen LogP contribution in [0.4, 0.5) is 0 Å². The first-order valence-corrected chi connectivity index (χ1v) is 6.01. The fourth-order valence-electron chi connectivity index (χ4n) is 1.38. The molecular formula is C12H29N3. The van der Waals surface area contributed by atoms with Gasteiger partial charge in [0.2, 0.25) is 0 Å². The second-order valence-corrected chi connectivity index (χ2v) is 5.03. The Hall–Kier alpha value is -0.120. The average Bonchev–Trinajstić information content (AvgIpc) is 2.13. The minimum atomic E-state index is 0.601. The molecular weight excluding hydrogens is 186 g/mol. The van der Waals surface area contributed by atoms with Gasteiger partial charge in [-0.2, -0.15) is 0 Å². The third kappa shape index (κ3) is 8.85. The van der Waals surface area contributed by atoms with E-state index in [1.54, 1.807) is 0 Å². The van der Waals surface area contributed by atoms with Crippen molar-refractivity contribution < 1.29 is 0 Å². The zero-order valence-electron chi connectivity index (χ0n) is 11.4. The van der Waals surface area contributed by atoms with E-state index in [1.807, 2.05) is 0 Å². The van der Waals surface area contributed by atoms with Gasteiger partial charge in [0.25, 0.3) is 0 Å². The topological polar surface area (TPSA) is 18.5 Å². The van der Waals surface area contributed by atoms with E-state index in [-0.39, 0.29) is 0 Å². The van der Waals surface area contributed by atoms with Crippen molar-refractivity contribution in [1.29, 1.82) is 0 Å². The Morgan fingerprint density at radius 3 is 2.07 bits per heavy atom. The summed E-state index contributed by atoms with van der Waals surface area (Å²) in [5.41, 5.74) is 0. The van der Waals surface area contributed by atoms with Gasteiger partial charge < -0.3 is 15.1 Å². The summed E-state index contributed by atoms with van der Waals surface area (Å²) in [6, 6.07) is 1.26. The molecule has 15 heavy (non-hydrogen) atoms. The second kappa shape index (κ2) is 8.08. The number of hydrogen-bond donors (Lipinski definition) is 1. The summed E-state index contributed by atoms with van der Waals surface area (Å²) in [6.45, 7) is 10.1. The molecule has 0 heterocycles. The number of likely N-dealkylation sites (N-methyl/N-ethyl adjacent to an activating group) is 2. The summed E-state index contributed by atoms with van der Waals surface area (Å²) in [7, 11) is 6.46. The van der Waals surface area contributed by atoms with Gasteiger partial charge in [0, 0.05) is 25.2 Å². The molecule has 0 aromatic rings. The van der Waals surface area contributed by atoms with Crippen molar-refractivity contribution in [3.8, 4) is 0 Å². The Morgan fingerprint density at radius 1 is 1.00 bits per heavy atom. The zero-order valence-corrected chi connectivity index (χ0v) is 11.4. The van der Waals surface area contributed by atoms with Crippen molar-refractivity contribution in [2.24, 2.45) is 0 Å². The van der Waals surface area contributed by atoms with Crippen LogP contribution in [0.25, 0.3) is 0 Å². The van der Waals surface area contributed by atoms with Crippen molar-refractivity contribution in [2.75, 3.05) is 40.8 Å². The van der Waals surface area contributed by atoms with Crippen molar-refractivity contribution >= 4 is 0 Å². The molecule has 0 fully saturated rings. The van der Waals surface area contributed by atoms with E-state index < -0.39 is 0 Å². The fraction of sp³-hybridized carbons (Fsp3) is 1.00. The van der Waals surface area contributed by atoms with E-state index in [9.17, 15) is 0 Å². The van der Waals surface area contributed by atoms with E-state index in [1.165, 1.54) is 6.42 Å². The first-order chi connectivity index (χ1) is 6.93. The Bertz CT molecular complexity index is 146. The number of hydrogen-bond acceptors (Lipinski definition) is 3. The minimum absolute atomic E-state index is 0.601. The van der Waals surface area contributed by atoms with Crippen LogP contribution >= 0.6 is 0 Å². The Balaban J connectivity index is 3.55. The van der Waals surface area contributed by atoms with Gasteiger partial charge in [-0.05, 0) is 41.0 Å². The SMILES string of the molecule is CC(C)NCCC(C)N(C)CCN(C)C. The lowest BCUT2D eigenvalue weighted by Gasteiger charge is -2.26. The van der Waals surface area contributed by atoms with Gasteiger partial charge >= 0.3 is 0 Å². The smallest absolute Gasteiger partial charge is 0.0109 e. The number of nitrogens with one attached hydrogen (secondary N) is 1. The predicted molar refractivity (Wildman–Crippen MR) is 68.4 cm³/mol. The second-order valence-electron chi connectivity index (χ2n) is 5.03. The van der Waals surface area contributed by atoms with E-state index in [0.717, 1.165) is 19.6 Å². The van der Waals surface area contributed by atoms with Crippen LogP contribution in [-0.2, 0) is 0 Å². The zero-order chi connectivity index (χ0) is 11.8. The lowest BCUT2D eigenvalue weighted by Crippen LogP contribution is -2.37. The first-order valence-electron chi connectivity index (χ1n) is 6.01. The monoisotopic (exact) mass is 215 g/mol. The van der Waals surface area contributed by atoms with Crippen LogP contribution in [0.5, 0.6) is 0 Å². The van der Waals surface area contributed by atoms with Crippen LogP contribution in [0, 0.1) is 0 Å². The molecule has 0 rings (SSSR count). The summed E-state index contributed by atoms with van der Waals surface area (Å²) in [5.74, 6) is 0. The third-order valence-corrected chi connectivity index (χ3v) is 2.77. The fourth-order valence-corrected chi connectivity index (χ4v) is 1.38. The van der Waals surface area contributed by atoms with Crippen molar-refractivity contribution in [1.82, 2.24) is 15.1 Å². The molecule has 0 aliphatic heterocycles. The highest BCUT2D eigenvalue weighted by atomic mass is 15.2. The molecule has 0 aliphatic carbocycles. The molecule has 0 radical (unpaired) electrons. The van der Waals surface area contributed by atoms with E-state index >= 15 is 0 Å². The molecule has 0 aromatic carbocycles. The van der Waals surface area contributed by atoms with Crippen LogP contribution in [-0.4, -0.2) is 62.7 Å². The minimum Gasteiger partial charge on any atom is -0.314 e. The number of nitrogens with zero attached hydrogens (tertiary/aromatic N) is 2. The molecule has 0 saturated carbocycles. The molecule has 3 nitrogen and oxygen atoms in total. The predicted octanol–water partition coefficient (Wildman–Crippen LogP) is 1.26. The highest BCUT2D eigenvalue weighted by molar-refractivity contribution is 4.66. The number of rotatable bonds is 8. The summed E-state index contributed by atoms with van der Waals surface area (Å²) in [4.78, 5) is 4.66. The van der Waals surface area contributed by atoms with Gasteiger partial charge in [0.1, 0.15) is 0 Å². The molecule has 0 bridgehead atoms. The average molecular weight is 215 g/mol. The van der Waals surface area contributed by atoms with Gasteiger partial charge in [0.15, 0.2) is 0 Å². The Labute approximate surface area is 95.8 Å². The summed E-state index contributed by atoms with van der Waals surface area (Å²) >= 11 is 0. The normalized spacial score (nSPS) is 14.2. The van der Waals surface area contributed by atoms with Gasteiger partial charge in [-0.3, -0.25) is 0 Å². The van der Waals surface area contributed by atoms with Crippen LogP contribution in [0.15, 0.2) is 0 Å². The van der Waals surface area contributed by atoms with Crippen molar-refractivity contribution in [2.45, 2.75) is 39.3 Å². The van der Waals surface area contributed by atoms with Gasteiger partial charge in [0.05, 0.1) is 0 Å². The summed E-state index contributed by atoms with van der Waals surface area (Å²) in [6.07, 6.45) is 1.22. The molecule has 92 valence electrons. The Kier molecular flexibility index (Phi) is 8.02. The lowest BCUT2D eigenvalue weighted by atomic mass is 10.2. The van der Waals surface area contributed by atoms with Crippen LogP contribution in [0.3, 0.4) is 0 Å².